The Bertz CT molecular complexity index is 1740. The summed E-state index contributed by atoms with van der Waals surface area (Å²) in [5, 5.41) is 17.6. The molecule has 2 heterocycles. The molecule has 5 aromatic rings. The van der Waals surface area contributed by atoms with Crippen molar-refractivity contribution in [3.05, 3.63) is 92.8 Å². The highest BCUT2D eigenvalue weighted by atomic mass is 16.6. The van der Waals surface area contributed by atoms with Crippen molar-refractivity contribution in [3.8, 4) is 23.1 Å². The van der Waals surface area contributed by atoms with Crippen molar-refractivity contribution in [1.82, 2.24) is 9.66 Å². The second kappa shape index (κ2) is 10.8. The quantitative estimate of drug-likeness (QED) is 0.128. The van der Waals surface area contributed by atoms with Gasteiger partial charge in [-0.1, -0.05) is 37.3 Å². The van der Waals surface area contributed by atoms with Gasteiger partial charge in [-0.25, -0.2) is 4.98 Å². The first-order valence-corrected chi connectivity index (χ1v) is 12.6. The van der Waals surface area contributed by atoms with E-state index in [1.807, 2.05) is 38.1 Å². The summed E-state index contributed by atoms with van der Waals surface area (Å²) in [6.45, 7) is 5.80. The van der Waals surface area contributed by atoms with Gasteiger partial charge in [0, 0.05) is 17.0 Å². The summed E-state index contributed by atoms with van der Waals surface area (Å²) in [4.78, 5) is 29.6. The smallest absolute Gasteiger partial charge is 0.315 e. The van der Waals surface area contributed by atoms with E-state index in [2.05, 4.69) is 10.1 Å². The fourth-order valence-electron chi connectivity index (χ4n) is 4.09. The SMILES string of the molecule is CCOc1cc(C=Nn2c(-c3cc4ccccc4o3)nc3ccccc3c2=O)cc([N+](=O)[O-])c1O[C@@H](C)CC. The fourth-order valence-corrected chi connectivity index (χ4v) is 4.09. The minimum absolute atomic E-state index is 0.0563. The minimum atomic E-state index is -0.527. The molecule has 1 atom stereocenters. The predicted octanol–water partition coefficient (Wildman–Crippen LogP) is 6.18. The Hall–Kier alpha value is -4.99. The molecule has 5 rings (SSSR count). The van der Waals surface area contributed by atoms with Crippen LogP contribution in [0.25, 0.3) is 33.5 Å². The van der Waals surface area contributed by atoms with E-state index in [1.165, 1.54) is 12.3 Å². The van der Waals surface area contributed by atoms with Gasteiger partial charge in [-0.3, -0.25) is 14.9 Å². The Morgan fingerprint density at radius 3 is 2.64 bits per heavy atom. The van der Waals surface area contributed by atoms with Gasteiger partial charge in [0.2, 0.25) is 11.6 Å². The molecule has 0 N–H and O–H groups in total. The standard InChI is InChI=1S/C29H26N4O6/c1-4-18(3)38-27-23(33(35)36)14-19(15-25(27)37-5-2)17-30-32-28(26-16-20-10-6-9-13-24(20)39-26)31-22-12-8-7-11-21(22)29(32)34/h6-18H,4-5H2,1-3H3/t18-/m0/s1. The molecule has 0 spiro atoms. The number of ether oxygens (including phenoxy) is 2. The average molecular weight is 527 g/mol. The largest absolute Gasteiger partial charge is 0.490 e. The van der Waals surface area contributed by atoms with E-state index in [4.69, 9.17) is 13.9 Å². The summed E-state index contributed by atoms with van der Waals surface area (Å²) >= 11 is 0. The number of nitro groups is 1. The molecule has 39 heavy (non-hydrogen) atoms. The first-order chi connectivity index (χ1) is 18.9. The predicted molar refractivity (Wildman–Crippen MR) is 149 cm³/mol. The number of aromatic nitrogens is 2. The van der Waals surface area contributed by atoms with Crippen LogP contribution >= 0.6 is 0 Å². The number of benzene rings is 3. The van der Waals surface area contributed by atoms with Gasteiger partial charge in [0.15, 0.2) is 11.5 Å². The van der Waals surface area contributed by atoms with Gasteiger partial charge in [-0.15, -0.1) is 0 Å². The average Bonchev–Trinajstić information content (AvgIpc) is 3.37. The van der Waals surface area contributed by atoms with Crippen molar-refractivity contribution in [1.29, 1.82) is 0 Å². The molecule has 0 saturated heterocycles. The first kappa shape index (κ1) is 25.7. The van der Waals surface area contributed by atoms with Gasteiger partial charge in [0.25, 0.3) is 5.56 Å². The zero-order valence-electron chi connectivity index (χ0n) is 21.7. The number of furan rings is 1. The van der Waals surface area contributed by atoms with Crippen LogP contribution in [-0.4, -0.2) is 33.5 Å². The maximum atomic E-state index is 13.5. The van der Waals surface area contributed by atoms with Gasteiger partial charge in [0.1, 0.15) is 5.58 Å². The number of hydrogen-bond acceptors (Lipinski definition) is 8. The molecule has 0 amide bonds. The third kappa shape index (κ3) is 5.08. The van der Waals surface area contributed by atoms with Crippen LogP contribution in [0.3, 0.4) is 0 Å². The topological polar surface area (TPSA) is 122 Å². The zero-order chi connectivity index (χ0) is 27.5. The van der Waals surface area contributed by atoms with Crippen molar-refractivity contribution in [2.75, 3.05) is 6.61 Å². The third-order valence-corrected chi connectivity index (χ3v) is 6.17. The Balaban J connectivity index is 1.67. The highest BCUT2D eigenvalue weighted by Gasteiger charge is 2.24. The molecule has 0 aliphatic carbocycles. The number of fused-ring (bicyclic) bond motifs is 2. The molecule has 0 radical (unpaired) electrons. The third-order valence-electron chi connectivity index (χ3n) is 6.17. The van der Waals surface area contributed by atoms with E-state index in [0.29, 0.717) is 34.2 Å². The molecule has 3 aromatic carbocycles. The van der Waals surface area contributed by atoms with E-state index in [-0.39, 0.29) is 35.7 Å². The van der Waals surface area contributed by atoms with Crippen LogP contribution in [0, 0.1) is 10.1 Å². The molecule has 2 aromatic heterocycles. The molecule has 0 aliphatic rings. The summed E-state index contributed by atoms with van der Waals surface area (Å²) in [7, 11) is 0. The Kier molecular flexibility index (Phi) is 7.09. The normalized spacial score (nSPS) is 12.3. The summed E-state index contributed by atoms with van der Waals surface area (Å²) < 4.78 is 18.7. The molecule has 198 valence electrons. The van der Waals surface area contributed by atoms with E-state index >= 15 is 0 Å². The Morgan fingerprint density at radius 1 is 1.13 bits per heavy atom. The van der Waals surface area contributed by atoms with Gasteiger partial charge in [-0.2, -0.15) is 9.78 Å². The van der Waals surface area contributed by atoms with Gasteiger partial charge >= 0.3 is 5.69 Å². The molecular weight excluding hydrogens is 500 g/mol. The van der Waals surface area contributed by atoms with Gasteiger partial charge < -0.3 is 13.9 Å². The zero-order valence-corrected chi connectivity index (χ0v) is 21.7. The Morgan fingerprint density at radius 2 is 1.90 bits per heavy atom. The highest BCUT2D eigenvalue weighted by molar-refractivity contribution is 5.85. The number of hydrogen-bond donors (Lipinski definition) is 0. The van der Waals surface area contributed by atoms with Crippen LogP contribution in [0.2, 0.25) is 0 Å². The molecule has 0 fully saturated rings. The second-order valence-corrected chi connectivity index (χ2v) is 8.86. The van der Waals surface area contributed by atoms with E-state index in [1.54, 1.807) is 43.3 Å². The minimum Gasteiger partial charge on any atom is -0.490 e. The molecule has 0 saturated carbocycles. The van der Waals surface area contributed by atoms with Gasteiger partial charge in [0.05, 0.1) is 34.8 Å². The summed E-state index contributed by atoms with van der Waals surface area (Å²) in [6.07, 6.45) is 1.76. The van der Waals surface area contributed by atoms with E-state index in [0.717, 1.165) is 10.1 Å². The van der Waals surface area contributed by atoms with Crippen LogP contribution in [0.15, 0.2) is 81.0 Å². The van der Waals surface area contributed by atoms with Crippen molar-refractivity contribution >= 4 is 33.8 Å². The monoisotopic (exact) mass is 526 g/mol. The van der Waals surface area contributed by atoms with E-state index < -0.39 is 10.5 Å². The summed E-state index contributed by atoms with van der Waals surface area (Å²) in [6, 6.07) is 19.1. The molecule has 0 bridgehead atoms. The van der Waals surface area contributed by atoms with Crippen molar-refractivity contribution < 1.29 is 18.8 Å². The summed E-state index contributed by atoms with van der Waals surface area (Å²) in [5.74, 6) is 0.827. The maximum Gasteiger partial charge on any atom is 0.315 e. The van der Waals surface area contributed by atoms with Crippen molar-refractivity contribution in [2.45, 2.75) is 33.3 Å². The Labute approximate surface area is 223 Å². The van der Waals surface area contributed by atoms with E-state index in [9.17, 15) is 14.9 Å². The lowest BCUT2D eigenvalue weighted by molar-refractivity contribution is -0.386. The van der Waals surface area contributed by atoms with Crippen molar-refractivity contribution in [3.63, 3.8) is 0 Å². The molecule has 0 aliphatic heterocycles. The molecule has 10 nitrogen and oxygen atoms in total. The fraction of sp³-hybridized carbons (Fsp3) is 0.207. The molecule has 10 heteroatoms. The highest BCUT2D eigenvalue weighted by Crippen LogP contribution is 2.39. The number of nitrogens with zero attached hydrogens (tertiary/aromatic N) is 4. The van der Waals surface area contributed by atoms with Crippen LogP contribution in [0.1, 0.15) is 32.8 Å². The number of nitro benzene ring substituents is 1. The molecular formula is C29H26N4O6. The number of para-hydroxylation sites is 2. The van der Waals surface area contributed by atoms with Crippen LogP contribution < -0.4 is 15.0 Å². The molecule has 0 unspecified atom stereocenters. The van der Waals surface area contributed by atoms with Crippen LogP contribution in [0.5, 0.6) is 11.5 Å². The maximum absolute atomic E-state index is 13.5. The lowest BCUT2D eigenvalue weighted by Gasteiger charge is -2.16. The van der Waals surface area contributed by atoms with Crippen LogP contribution in [0.4, 0.5) is 5.69 Å². The number of rotatable bonds is 9. The van der Waals surface area contributed by atoms with Gasteiger partial charge in [-0.05, 0) is 50.6 Å². The first-order valence-electron chi connectivity index (χ1n) is 12.6. The van der Waals surface area contributed by atoms with Crippen LogP contribution in [-0.2, 0) is 0 Å². The second-order valence-electron chi connectivity index (χ2n) is 8.86. The lowest BCUT2D eigenvalue weighted by atomic mass is 10.1. The summed E-state index contributed by atoms with van der Waals surface area (Å²) in [5.41, 5.74) is 0.801. The van der Waals surface area contributed by atoms with Crippen molar-refractivity contribution in [2.24, 2.45) is 5.10 Å². The lowest BCUT2D eigenvalue weighted by Crippen LogP contribution is -2.20.